The molecule has 2 rings (SSSR count). The van der Waals surface area contributed by atoms with Crippen LogP contribution in [0, 0.1) is 0 Å². The minimum absolute atomic E-state index is 0.521. The molecule has 4 heteroatoms. The van der Waals surface area contributed by atoms with Crippen molar-refractivity contribution in [3.8, 4) is 5.69 Å². The third kappa shape index (κ3) is 4.95. The standard InChI is InChI=1S/C18H28N4/c1-4-5-6-7-11-19-13-17-14-22(21-20-17)18-10-8-9-16(12-18)15(2)3/h8-10,12,14-15,19H,4-7,11,13H2,1-3H3. The van der Waals surface area contributed by atoms with Gasteiger partial charge in [-0.05, 0) is 36.6 Å². The lowest BCUT2D eigenvalue weighted by Crippen LogP contribution is -2.14. The molecule has 0 aliphatic rings. The zero-order chi connectivity index (χ0) is 15.8. The predicted molar refractivity (Wildman–Crippen MR) is 91.3 cm³/mol. The van der Waals surface area contributed by atoms with Crippen molar-refractivity contribution in [3.63, 3.8) is 0 Å². The Balaban J connectivity index is 1.87. The zero-order valence-electron chi connectivity index (χ0n) is 14.0. The normalized spacial score (nSPS) is 11.3. The Labute approximate surface area is 133 Å². The molecule has 0 amide bonds. The summed E-state index contributed by atoms with van der Waals surface area (Å²) >= 11 is 0. The largest absolute Gasteiger partial charge is 0.311 e. The lowest BCUT2D eigenvalue weighted by Gasteiger charge is -2.07. The molecule has 4 nitrogen and oxygen atoms in total. The first-order chi connectivity index (χ1) is 10.7. The maximum atomic E-state index is 4.25. The number of nitrogens with zero attached hydrogens (tertiary/aromatic N) is 3. The first-order valence-electron chi connectivity index (χ1n) is 8.43. The number of hydrogen-bond acceptors (Lipinski definition) is 3. The van der Waals surface area contributed by atoms with Crippen molar-refractivity contribution in [1.29, 1.82) is 0 Å². The quantitative estimate of drug-likeness (QED) is 0.710. The number of rotatable bonds is 9. The third-order valence-electron chi connectivity index (χ3n) is 3.86. The Morgan fingerprint density at radius 2 is 2.05 bits per heavy atom. The number of benzene rings is 1. The molecule has 0 saturated carbocycles. The van der Waals surface area contributed by atoms with E-state index in [0.29, 0.717) is 5.92 Å². The summed E-state index contributed by atoms with van der Waals surface area (Å²) < 4.78 is 1.86. The Hall–Kier alpha value is -1.68. The molecule has 1 aromatic heterocycles. The minimum atomic E-state index is 0.521. The summed E-state index contributed by atoms with van der Waals surface area (Å²) in [4.78, 5) is 0. The van der Waals surface area contributed by atoms with Gasteiger partial charge in [0.15, 0.2) is 0 Å². The van der Waals surface area contributed by atoms with Gasteiger partial charge in [0.05, 0.1) is 17.6 Å². The number of unbranched alkanes of at least 4 members (excludes halogenated alkanes) is 3. The van der Waals surface area contributed by atoms with Gasteiger partial charge in [0.1, 0.15) is 0 Å². The molecule has 2 aromatic rings. The molecule has 0 unspecified atom stereocenters. The Bertz CT molecular complexity index is 560. The van der Waals surface area contributed by atoms with Crippen molar-refractivity contribution in [2.24, 2.45) is 0 Å². The molecule has 1 heterocycles. The van der Waals surface area contributed by atoms with Crippen LogP contribution >= 0.6 is 0 Å². The first kappa shape index (κ1) is 16.7. The fourth-order valence-electron chi connectivity index (χ4n) is 2.43. The van der Waals surface area contributed by atoms with Crippen LogP contribution in [-0.4, -0.2) is 21.5 Å². The van der Waals surface area contributed by atoms with E-state index in [1.807, 2.05) is 10.9 Å². The molecular formula is C18H28N4. The zero-order valence-corrected chi connectivity index (χ0v) is 14.0. The highest BCUT2D eigenvalue weighted by molar-refractivity contribution is 5.36. The lowest BCUT2D eigenvalue weighted by atomic mass is 10.0. The van der Waals surface area contributed by atoms with Gasteiger partial charge < -0.3 is 5.32 Å². The van der Waals surface area contributed by atoms with Crippen LogP contribution in [0.15, 0.2) is 30.5 Å². The van der Waals surface area contributed by atoms with Crippen molar-refractivity contribution >= 4 is 0 Å². The predicted octanol–water partition coefficient (Wildman–Crippen LogP) is 4.06. The Morgan fingerprint density at radius 3 is 2.82 bits per heavy atom. The van der Waals surface area contributed by atoms with Crippen LogP contribution in [0.4, 0.5) is 0 Å². The van der Waals surface area contributed by atoms with Crippen molar-refractivity contribution in [2.45, 2.75) is 58.9 Å². The van der Waals surface area contributed by atoms with Gasteiger partial charge >= 0.3 is 0 Å². The average molecular weight is 300 g/mol. The molecule has 0 spiro atoms. The van der Waals surface area contributed by atoms with Gasteiger partial charge in [-0.25, -0.2) is 4.68 Å². The molecule has 0 saturated heterocycles. The van der Waals surface area contributed by atoms with Crippen molar-refractivity contribution in [1.82, 2.24) is 20.3 Å². The van der Waals surface area contributed by atoms with Crippen LogP contribution in [0.2, 0.25) is 0 Å². The van der Waals surface area contributed by atoms with Crippen LogP contribution in [0.25, 0.3) is 5.69 Å². The molecule has 1 N–H and O–H groups in total. The van der Waals surface area contributed by atoms with Crippen LogP contribution in [0.5, 0.6) is 0 Å². The van der Waals surface area contributed by atoms with Gasteiger partial charge in [-0.1, -0.05) is 57.4 Å². The maximum absolute atomic E-state index is 4.25. The van der Waals surface area contributed by atoms with E-state index in [0.717, 1.165) is 24.5 Å². The van der Waals surface area contributed by atoms with Gasteiger partial charge in [-0.2, -0.15) is 0 Å². The van der Waals surface area contributed by atoms with E-state index >= 15 is 0 Å². The van der Waals surface area contributed by atoms with E-state index in [9.17, 15) is 0 Å². The SMILES string of the molecule is CCCCCCNCc1cn(-c2cccc(C(C)C)c2)nn1. The molecule has 0 aliphatic carbocycles. The van der Waals surface area contributed by atoms with Gasteiger partial charge in [0, 0.05) is 6.54 Å². The van der Waals surface area contributed by atoms with E-state index < -0.39 is 0 Å². The van der Waals surface area contributed by atoms with Gasteiger partial charge in [-0.3, -0.25) is 0 Å². The summed E-state index contributed by atoms with van der Waals surface area (Å²) in [6.07, 6.45) is 7.16. The fourth-order valence-corrected chi connectivity index (χ4v) is 2.43. The molecule has 0 fully saturated rings. The van der Waals surface area contributed by atoms with Gasteiger partial charge in [0.2, 0.25) is 0 Å². The van der Waals surface area contributed by atoms with Crippen molar-refractivity contribution in [2.75, 3.05) is 6.54 Å². The second kappa shape index (κ2) is 8.69. The second-order valence-electron chi connectivity index (χ2n) is 6.14. The Morgan fingerprint density at radius 1 is 1.18 bits per heavy atom. The van der Waals surface area contributed by atoms with Gasteiger partial charge in [0.25, 0.3) is 0 Å². The average Bonchev–Trinajstić information content (AvgIpc) is 3.00. The van der Waals surface area contributed by atoms with Crippen LogP contribution in [0.1, 0.15) is 63.6 Å². The summed E-state index contributed by atoms with van der Waals surface area (Å²) in [5.41, 5.74) is 3.39. The number of hydrogen-bond donors (Lipinski definition) is 1. The fraction of sp³-hybridized carbons (Fsp3) is 0.556. The van der Waals surface area contributed by atoms with E-state index in [-0.39, 0.29) is 0 Å². The topological polar surface area (TPSA) is 42.7 Å². The van der Waals surface area contributed by atoms with Gasteiger partial charge in [-0.15, -0.1) is 5.10 Å². The van der Waals surface area contributed by atoms with Crippen LogP contribution in [0.3, 0.4) is 0 Å². The molecule has 120 valence electrons. The molecule has 1 aromatic carbocycles. The minimum Gasteiger partial charge on any atom is -0.311 e. The lowest BCUT2D eigenvalue weighted by molar-refractivity contribution is 0.593. The highest BCUT2D eigenvalue weighted by atomic mass is 15.4. The molecule has 22 heavy (non-hydrogen) atoms. The third-order valence-corrected chi connectivity index (χ3v) is 3.86. The smallest absolute Gasteiger partial charge is 0.0969 e. The molecule has 0 radical (unpaired) electrons. The number of nitrogens with one attached hydrogen (secondary N) is 1. The summed E-state index contributed by atoms with van der Waals surface area (Å²) in [7, 11) is 0. The number of aromatic nitrogens is 3. The molecule has 0 atom stereocenters. The summed E-state index contributed by atoms with van der Waals surface area (Å²) in [6, 6.07) is 8.49. The monoisotopic (exact) mass is 300 g/mol. The summed E-state index contributed by atoms with van der Waals surface area (Å²) in [5, 5.41) is 11.9. The summed E-state index contributed by atoms with van der Waals surface area (Å²) in [6.45, 7) is 8.48. The van der Waals surface area contributed by atoms with Crippen molar-refractivity contribution < 1.29 is 0 Å². The van der Waals surface area contributed by atoms with E-state index in [1.165, 1.54) is 31.2 Å². The molecule has 0 bridgehead atoms. The highest BCUT2D eigenvalue weighted by Crippen LogP contribution is 2.17. The Kier molecular flexibility index (Phi) is 6.59. The second-order valence-corrected chi connectivity index (χ2v) is 6.14. The highest BCUT2D eigenvalue weighted by Gasteiger charge is 2.05. The molecule has 0 aliphatic heterocycles. The first-order valence-corrected chi connectivity index (χ1v) is 8.43. The van der Waals surface area contributed by atoms with E-state index in [2.05, 4.69) is 60.7 Å². The molecular weight excluding hydrogens is 272 g/mol. The maximum Gasteiger partial charge on any atom is 0.0969 e. The summed E-state index contributed by atoms with van der Waals surface area (Å²) in [5.74, 6) is 0.521. The van der Waals surface area contributed by atoms with E-state index in [1.54, 1.807) is 0 Å². The van der Waals surface area contributed by atoms with Crippen LogP contribution < -0.4 is 5.32 Å². The van der Waals surface area contributed by atoms with Crippen LogP contribution in [-0.2, 0) is 6.54 Å². The van der Waals surface area contributed by atoms with Crippen molar-refractivity contribution in [3.05, 3.63) is 41.7 Å². The van der Waals surface area contributed by atoms with E-state index in [4.69, 9.17) is 0 Å².